The molecule has 5 heteroatoms. The number of hydrogen-bond donors (Lipinski definition) is 1. The topological polar surface area (TPSA) is 21.3 Å². The zero-order valence-corrected chi connectivity index (χ0v) is 12.6. The summed E-state index contributed by atoms with van der Waals surface area (Å²) in [6.45, 7) is 3.78. The lowest BCUT2D eigenvalue weighted by Gasteiger charge is -2.31. The van der Waals surface area contributed by atoms with Gasteiger partial charge in [-0.1, -0.05) is 24.6 Å². The summed E-state index contributed by atoms with van der Waals surface area (Å²) in [5.74, 6) is 1.71. The molecule has 106 valence electrons. The van der Waals surface area contributed by atoms with Gasteiger partial charge in [-0.15, -0.1) is 0 Å². The van der Waals surface area contributed by atoms with E-state index >= 15 is 0 Å². The number of halogens is 2. The Hall–Kier alpha value is -0.290. The van der Waals surface area contributed by atoms with Crippen LogP contribution in [0.5, 0.6) is 0 Å². The summed E-state index contributed by atoms with van der Waals surface area (Å²) in [5.41, 5.74) is 1.04. The zero-order valence-electron chi connectivity index (χ0n) is 11.0. The molecule has 1 heterocycles. The number of nitrogens with one attached hydrogen (secondary N) is 1. The lowest BCUT2D eigenvalue weighted by Crippen LogP contribution is -2.46. The first kappa shape index (κ1) is 15.1. The number of likely N-dealkylation sites (N-methyl/N-ethyl adjacent to an activating group) is 1. The monoisotopic (exact) mass is 303 g/mol. The molecule has 1 fully saturated rings. The highest BCUT2D eigenvalue weighted by Crippen LogP contribution is 2.21. The molecule has 1 aliphatic heterocycles. The molecule has 0 spiro atoms. The minimum Gasteiger partial charge on any atom is -0.375 e. The van der Waals surface area contributed by atoms with E-state index in [0.717, 1.165) is 36.6 Å². The normalized spacial score (nSPS) is 21.3. The zero-order chi connectivity index (χ0) is 13.7. The van der Waals surface area contributed by atoms with Crippen molar-refractivity contribution >= 4 is 23.4 Å². The first-order valence-electron chi connectivity index (χ1n) is 6.57. The van der Waals surface area contributed by atoms with E-state index in [0.29, 0.717) is 0 Å². The third-order valence-electron chi connectivity index (χ3n) is 3.20. The Morgan fingerprint density at radius 1 is 1.58 bits per heavy atom. The van der Waals surface area contributed by atoms with E-state index < -0.39 is 0 Å². The van der Waals surface area contributed by atoms with Crippen LogP contribution in [0.15, 0.2) is 18.2 Å². The van der Waals surface area contributed by atoms with E-state index in [1.807, 2.05) is 11.8 Å². The van der Waals surface area contributed by atoms with Gasteiger partial charge in [0, 0.05) is 17.5 Å². The van der Waals surface area contributed by atoms with Gasteiger partial charge >= 0.3 is 0 Å². The Balaban J connectivity index is 2.04. The maximum absolute atomic E-state index is 13.2. The predicted octanol–water partition coefficient (Wildman–Crippen LogP) is 3.13. The van der Waals surface area contributed by atoms with Crippen molar-refractivity contribution in [2.75, 3.05) is 24.7 Å². The maximum atomic E-state index is 13.2. The van der Waals surface area contributed by atoms with E-state index in [2.05, 4.69) is 12.2 Å². The van der Waals surface area contributed by atoms with Crippen molar-refractivity contribution in [2.24, 2.45) is 0 Å². The van der Waals surface area contributed by atoms with Crippen molar-refractivity contribution in [3.05, 3.63) is 34.6 Å². The van der Waals surface area contributed by atoms with Crippen LogP contribution in [0.2, 0.25) is 5.02 Å². The van der Waals surface area contributed by atoms with Gasteiger partial charge in [-0.2, -0.15) is 11.8 Å². The molecular weight excluding hydrogens is 285 g/mol. The van der Waals surface area contributed by atoms with Crippen LogP contribution in [0.3, 0.4) is 0 Å². The summed E-state index contributed by atoms with van der Waals surface area (Å²) in [6, 6.07) is 5.18. The van der Waals surface area contributed by atoms with E-state index in [4.69, 9.17) is 16.3 Å². The summed E-state index contributed by atoms with van der Waals surface area (Å²) in [4.78, 5) is 0. The Kier molecular flexibility index (Phi) is 5.95. The minimum atomic E-state index is -0.366. The Morgan fingerprint density at radius 2 is 2.42 bits per heavy atom. The third kappa shape index (κ3) is 4.35. The van der Waals surface area contributed by atoms with Gasteiger partial charge in [-0.3, -0.25) is 0 Å². The highest BCUT2D eigenvalue weighted by atomic mass is 35.5. The first-order chi connectivity index (χ1) is 9.20. The number of ether oxygens (including phenoxy) is 1. The van der Waals surface area contributed by atoms with Crippen LogP contribution in [-0.2, 0) is 11.2 Å². The quantitative estimate of drug-likeness (QED) is 0.903. The average Bonchev–Trinajstić information content (AvgIpc) is 2.43. The van der Waals surface area contributed by atoms with Crippen molar-refractivity contribution in [2.45, 2.75) is 25.5 Å². The van der Waals surface area contributed by atoms with E-state index in [9.17, 15) is 4.39 Å². The molecule has 0 aromatic heterocycles. The summed E-state index contributed by atoms with van der Waals surface area (Å²) >= 11 is 7.75. The molecule has 0 bridgehead atoms. The maximum Gasteiger partial charge on any atom is 0.141 e. The Labute approximate surface area is 123 Å². The van der Waals surface area contributed by atoms with Gasteiger partial charge in [0.2, 0.25) is 0 Å². The van der Waals surface area contributed by atoms with Gasteiger partial charge in [0.1, 0.15) is 5.82 Å². The number of rotatable bonds is 5. The first-order valence-corrected chi connectivity index (χ1v) is 8.10. The molecule has 1 aliphatic rings. The van der Waals surface area contributed by atoms with Crippen LogP contribution in [0, 0.1) is 5.82 Å². The fraction of sp³-hybridized carbons (Fsp3) is 0.571. The summed E-state index contributed by atoms with van der Waals surface area (Å²) in [7, 11) is 0. The second kappa shape index (κ2) is 7.48. The second-order valence-electron chi connectivity index (χ2n) is 4.60. The summed E-state index contributed by atoms with van der Waals surface area (Å²) in [5, 5.41) is 3.65. The largest absolute Gasteiger partial charge is 0.375 e. The van der Waals surface area contributed by atoms with Gasteiger partial charge in [-0.05, 0) is 30.7 Å². The van der Waals surface area contributed by atoms with Crippen molar-refractivity contribution in [1.29, 1.82) is 0 Å². The van der Waals surface area contributed by atoms with Gasteiger partial charge in [0.25, 0.3) is 0 Å². The average molecular weight is 304 g/mol. The van der Waals surface area contributed by atoms with Crippen molar-refractivity contribution in [3.8, 4) is 0 Å². The number of hydrogen-bond acceptors (Lipinski definition) is 3. The molecule has 2 rings (SSSR count). The van der Waals surface area contributed by atoms with Crippen LogP contribution in [0.25, 0.3) is 0 Å². The van der Waals surface area contributed by atoms with Crippen LogP contribution in [0.1, 0.15) is 12.5 Å². The summed E-state index contributed by atoms with van der Waals surface area (Å²) in [6.07, 6.45) is 1.02. The van der Waals surface area contributed by atoms with E-state index in [-0.39, 0.29) is 23.0 Å². The fourth-order valence-corrected chi connectivity index (χ4v) is 3.40. The van der Waals surface area contributed by atoms with Gasteiger partial charge < -0.3 is 10.1 Å². The van der Waals surface area contributed by atoms with E-state index in [1.54, 1.807) is 12.1 Å². The van der Waals surface area contributed by atoms with Gasteiger partial charge in [0.15, 0.2) is 0 Å². The van der Waals surface area contributed by atoms with Crippen LogP contribution in [-0.4, -0.2) is 36.8 Å². The van der Waals surface area contributed by atoms with Crippen molar-refractivity contribution in [1.82, 2.24) is 5.32 Å². The lowest BCUT2D eigenvalue weighted by molar-refractivity contribution is 0.0476. The molecule has 2 unspecified atom stereocenters. The molecule has 1 aromatic rings. The lowest BCUT2D eigenvalue weighted by atomic mass is 10.0. The fourth-order valence-electron chi connectivity index (χ4n) is 2.26. The molecule has 0 saturated carbocycles. The molecule has 2 atom stereocenters. The molecular formula is C14H19ClFNOS. The Morgan fingerprint density at radius 3 is 3.05 bits per heavy atom. The molecule has 1 N–H and O–H groups in total. The molecule has 1 saturated heterocycles. The smallest absolute Gasteiger partial charge is 0.141 e. The van der Waals surface area contributed by atoms with Crippen molar-refractivity contribution in [3.63, 3.8) is 0 Å². The number of benzene rings is 1. The Bertz CT molecular complexity index is 412. The molecule has 0 amide bonds. The van der Waals surface area contributed by atoms with Crippen LogP contribution in [0.4, 0.5) is 4.39 Å². The predicted molar refractivity (Wildman–Crippen MR) is 79.6 cm³/mol. The van der Waals surface area contributed by atoms with Crippen LogP contribution >= 0.6 is 23.4 Å². The van der Waals surface area contributed by atoms with Crippen molar-refractivity contribution < 1.29 is 9.13 Å². The number of thioether (sulfide) groups is 1. The standard InChI is InChI=1S/C14H19ClFNOS/c1-2-17-13(14-9-19-6-5-18-14)8-10-3-4-12(16)11(15)7-10/h3-4,7,13-14,17H,2,5-6,8-9H2,1H3. The molecule has 19 heavy (non-hydrogen) atoms. The molecule has 1 aromatic carbocycles. The van der Waals surface area contributed by atoms with Gasteiger partial charge in [0.05, 0.1) is 17.7 Å². The van der Waals surface area contributed by atoms with E-state index in [1.165, 1.54) is 6.07 Å². The minimum absolute atomic E-state index is 0.187. The molecule has 0 radical (unpaired) electrons. The van der Waals surface area contributed by atoms with Crippen LogP contribution < -0.4 is 5.32 Å². The molecule has 0 aliphatic carbocycles. The van der Waals surface area contributed by atoms with Gasteiger partial charge in [-0.25, -0.2) is 4.39 Å². The second-order valence-corrected chi connectivity index (χ2v) is 6.16. The third-order valence-corrected chi connectivity index (χ3v) is 4.51. The summed E-state index contributed by atoms with van der Waals surface area (Å²) < 4.78 is 19.0. The molecule has 2 nitrogen and oxygen atoms in total. The SMILES string of the molecule is CCNC(Cc1ccc(F)c(Cl)c1)C1CSCCO1. The highest BCUT2D eigenvalue weighted by Gasteiger charge is 2.24. The highest BCUT2D eigenvalue weighted by molar-refractivity contribution is 7.99.